The maximum absolute atomic E-state index is 10.8. The minimum Gasteiger partial charge on any atom is -0.497 e. The number of aliphatic hydroxyl groups excluding tert-OH is 2. The van der Waals surface area contributed by atoms with Gasteiger partial charge in [0.1, 0.15) is 30.4 Å². The predicted molar refractivity (Wildman–Crippen MR) is 110 cm³/mol. The van der Waals surface area contributed by atoms with Crippen LogP contribution in [0.1, 0.15) is 11.8 Å². The van der Waals surface area contributed by atoms with E-state index in [1.165, 1.54) is 17.2 Å². The van der Waals surface area contributed by atoms with Crippen LogP contribution in [0.4, 0.5) is 5.82 Å². The molecule has 166 valence electrons. The minimum atomic E-state index is -2.26. The molecule has 4 rings (SSSR count). The molecule has 13 heteroatoms. The Morgan fingerprint density at radius 3 is 2.87 bits per heavy atom. The molecule has 1 fully saturated rings. The van der Waals surface area contributed by atoms with Crippen LogP contribution in [0.25, 0.3) is 11.2 Å². The van der Waals surface area contributed by atoms with Gasteiger partial charge in [-0.3, -0.25) is 9.12 Å². The predicted octanol–water partition coefficient (Wildman–Crippen LogP) is -0.207. The monoisotopic (exact) mass is 450 g/mol. The van der Waals surface area contributed by atoms with Crippen LogP contribution in [-0.2, 0) is 22.5 Å². The first-order valence-corrected chi connectivity index (χ1v) is 10.5. The Kier molecular flexibility index (Phi) is 6.41. The summed E-state index contributed by atoms with van der Waals surface area (Å²) in [5.74, 6) is 1.24. The van der Waals surface area contributed by atoms with Crippen LogP contribution in [0.15, 0.2) is 36.9 Å². The van der Waals surface area contributed by atoms with Gasteiger partial charge in [0.2, 0.25) is 11.3 Å². The fourth-order valence-electron chi connectivity index (χ4n) is 3.42. The van der Waals surface area contributed by atoms with Crippen molar-refractivity contribution in [2.45, 2.75) is 31.1 Å². The molecule has 1 unspecified atom stereocenters. The summed E-state index contributed by atoms with van der Waals surface area (Å²) in [4.78, 5) is 12.8. The average molecular weight is 450 g/mol. The van der Waals surface area contributed by atoms with Gasteiger partial charge in [-0.1, -0.05) is 12.1 Å². The first kappa shape index (κ1) is 21.5. The van der Waals surface area contributed by atoms with Crippen LogP contribution < -0.4 is 14.8 Å². The molecule has 31 heavy (non-hydrogen) atoms. The van der Waals surface area contributed by atoms with Gasteiger partial charge in [0.25, 0.3) is 0 Å². The second-order valence-corrected chi connectivity index (χ2v) is 7.68. The van der Waals surface area contributed by atoms with Gasteiger partial charge in [-0.05, 0) is 17.7 Å². The molecule has 0 saturated carbocycles. The highest BCUT2D eigenvalue weighted by atomic mass is 32.2. The van der Waals surface area contributed by atoms with Crippen LogP contribution in [0.5, 0.6) is 5.75 Å². The largest absolute Gasteiger partial charge is 0.497 e. The number of methoxy groups -OCH3 is 1. The van der Waals surface area contributed by atoms with Gasteiger partial charge >= 0.3 is 0 Å². The van der Waals surface area contributed by atoms with E-state index in [1.807, 2.05) is 24.3 Å². The topological polar surface area (TPSA) is 164 Å². The standard InChI is InChI=1S/C18H22N6O6S/c1-29-11-4-2-3-10(5-11)6-19-16-13-17(21-8-20-16)24(9-22-13)18-15(26)14(25)12(30-18)7-23-31(27)28/h2-5,8-9,12,14-15,18,23,25-26H,6-7H2,1H3,(H,27,28)(H,19,20,21)/t12-,14-,15-,18-/m1/s1. The number of rotatable bonds is 8. The highest BCUT2D eigenvalue weighted by Gasteiger charge is 2.44. The van der Waals surface area contributed by atoms with Crippen molar-refractivity contribution in [3.05, 3.63) is 42.5 Å². The molecule has 2 aromatic heterocycles. The zero-order chi connectivity index (χ0) is 22.0. The molecule has 5 N–H and O–H groups in total. The number of ether oxygens (including phenoxy) is 2. The molecule has 0 bridgehead atoms. The van der Waals surface area contributed by atoms with Crippen molar-refractivity contribution in [3.8, 4) is 5.75 Å². The molecule has 12 nitrogen and oxygen atoms in total. The third-order valence-electron chi connectivity index (χ3n) is 4.97. The van der Waals surface area contributed by atoms with Crippen molar-refractivity contribution in [3.63, 3.8) is 0 Å². The molecule has 1 aliphatic heterocycles. The van der Waals surface area contributed by atoms with Crippen molar-refractivity contribution in [2.75, 3.05) is 19.0 Å². The van der Waals surface area contributed by atoms with Gasteiger partial charge in [-0.15, -0.1) is 0 Å². The summed E-state index contributed by atoms with van der Waals surface area (Å²) < 4.78 is 34.4. The van der Waals surface area contributed by atoms with Gasteiger partial charge in [0.05, 0.1) is 13.4 Å². The number of aromatic nitrogens is 4. The highest BCUT2D eigenvalue weighted by Crippen LogP contribution is 2.32. The molecular weight excluding hydrogens is 428 g/mol. The molecule has 1 aromatic carbocycles. The molecule has 1 saturated heterocycles. The van der Waals surface area contributed by atoms with Crippen molar-refractivity contribution in [1.82, 2.24) is 24.2 Å². The lowest BCUT2D eigenvalue weighted by atomic mass is 10.1. The summed E-state index contributed by atoms with van der Waals surface area (Å²) in [6.45, 7) is 0.357. The summed E-state index contributed by atoms with van der Waals surface area (Å²) in [6, 6.07) is 7.60. The van der Waals surface area contributed by atoms with Gasteiger partial charge in [-0.25, -0.2) is 23.9 Å². The summed E-state index contributed by atoms with van der Waals surface area (Å²) in [5, 5.41) is 23.9. The Bertz CT molecular complexity index is 1080. The smallest absolute Gasteiger partial charge is 0.231 e. The number of nitrogens with zero attached hydrogens (tertiary/aromatic N) is 4. The maximum Gasteiger partial charge on any atom is 0.231 e. The zero-order valence-corrected chi connectivity index (χ0v) is 17.3. The third-order valence-corrected chi connectivity index (χ3v) is 5.39. The minimum absolute atomic E-state index is 0.118. The van der Waals surface area contributed by atoms with Gasteiger partial charge < -0.3 is 25.0 Å². The molecule has 0 amide bonds. The van der Waals surface area contributed by atoms with E-state index in [-0.39, 0.29) is 6.54 Å². The van der Waals surface area contributed by atoms with Crippen molar-refractivity contribution >= 4 is 28.2 Å². The number of hydrogen-bond acceptors (Lipinski definition) is 9. The Balaban J connectivity index is 1.54. The third kappa shape index (κ3) is 4.51. The quantitative estimate of drug-likeness (QED) is 0.290. The van der Waals surface area contributed by atoms with E-state index >= 15 is 0 Å². The Labute approximate surface area is 179 Å². The molecule has 1 aliphatic rings. The molecule has 0 spiro atoms. The fourth-order valence-corrected chi connectivity index (χ4v) is 3.72. The zero-order valence-electron chi connectivity index (χ0n) is 16.5. The van der Waals surface area contributed by atoms with E-state index in [9.17, 15) is 14.4 Å². The molecule has 0 aliphatic carbocycles. The van der Waals surface area contributed by atoms with E-state index in [0.717, 1.165) is 11.3 Å². The van der Waals surface area contributed by atoms with E-state index in [4.69, 9.17) is 14.0 Å². The number of imidazole rings is 1. The van der Waals surface area contributed by atoms with Crippen LogP contribution in [-0.4, -0.2) is 70.5 Å². The van der Waals surface area contributed by atoms with E-state index in [1.54, 1.807) is 7.11 Å². The van der Waals surface area contributed by atoms with Gasteiger partial charge in [-0.2, -0.15) is 0 Å². The van der Waals surface area contributed by atoms with Crippen molar-refractivity contribution < 1.29 is 28.4 Å². The van der Waals surface area contributed by atoms with Crippen molar-refractivity contribution in [2.24, 2.45) is 0 Å². The summed E-state index contributed by atoms with van der Waals surface area (Å²) in [6.07, 6.45) is -1.59. The lowest BCUT2D eigenvalue weighted by molar-refractivity contribution is -0.0330. The second-order valence-electron chi connectivity index (χ2n) is 6.90. The van der Waals surface area contributed by atoms with Gasteiger partial charge in [0, 0.05) is 13.1 Å². The number of anilines is 1. The Hall–Kier alpha value is -2.68. The van der Waals surface area contributed by atoms with E-state index in [0.29, 0.717) is 23.5 Å². The van der Waals surface area contributed by atoms with Crippen LogP contribution in [0.2, 0.25) is 0 Å². The lowest BCUT2D eigenvalue weighted by Gasteiger charge is -2.16. The average Bonchev–Trinajstić information content (AvgIpc) is 3.32. The lowest BCUT2D eigenvalue weighted by Crippen LogP contribution is -2.38. The molecule has 5 atom stereocenters. The number of aliphatic hydroxyl groups is 2. The Morgan fingerprint density at radius 1 is 1.26 bits per heavy atom. The summed E-state index contributed by atoms with van der Waals surface area (Å²) in [5.41, 5.74) is 1.85. The first-order chi connectivity index (χ1) is 15.0. The summed E-state index contributed by atoms with van der Waals surface area (Å²) >= 11 is -2.26. The second kappa shape index (κ2) is 9.21. The number of nitrogens with one attached hydrogen (secondary N) is 2. The fraction of sp³-hybridized carbons (Fsp3) is 0.389. The molecule has 3 aromatic rings. The molecule has 3 heterocycles. The van der Waals surface area contributed by atoms with Crippen LogP contribution in [0.3, 0.4) is 0 Å². The Morgan fingerprint density at radius 2 is 2.10 bits per heavy atom. The van der Waals surface area contributed by atoms with E-state index in [2.05, 4.69) is 25.0 Å². The van der Waals surface area contributed by atoms with Crippen LogP contribution >= 0.6 is 0 Å². The number of benzene rings is 1. The normalized spacial score (nSPS) is 24.4. The van der Waals surface area contributed by atoms with E-state index < -0.39 is 35.8 Å². The molecular formula is C18H22N6O6S. The van der Waals surface area contributed by atoms with Crippen molar-refractivity contribution in [1.29, 1.82) is 0 Å². The number of hydrogen-bond donors (Lipinski definition) is 5. The number of fused-ring (bicyclic) bond motifs is 1. The SMILES string of the molecule is COc1cccc(CNc2ncnc3c2ncn3[C@@H]2O[C@H](CNS(=O)O)[C@@H](O)[C@H]2O)c1. The summed E-state index contributed by atoms with van der Waals surface area (Å²) in [7, 11) is 1.60. The molecule has 0 radical (unpaired) electrons. The maximum atomic E-state index is 10.8. The van der Waals surface area contributed by atoms with Crippen LogP contribution in [0, 0.1) is 0 Å². The van der Waals surface area contributed by atoms with Gasteiger partial charge in [0.15, 0.2) is 23.2 Å². The first-order valence-electron chi connectivity index (χ1n) is 9.38. The highest BCUT2D eigenvalue weighted by molar-refractivity contribution is 7.77.